The minimum atomic E-state index is -0.757. The monoisotopic (exact) mass is 385 g/mol. The van der Waals surface area contributed by atoms with E-state index in [0.717, 1.165) is 19.3 Å². The lowest BCUT2D eigenvalue weighted by Gasteiger charge is -2.31. The van der Waals surface area contributed by atoms with E-state index in [9.17, 15) is 14.4 Å². The topological polar surface area (TPSA) is 97.0 Å². The molecule has 0 aromatic heterocycles. The zero-order chi connectivity index (χ0) is 20.7. The van der Waals surface area contributed by atoms with Crippen LogP contribution in [0.5, 0.6) is 0 Å². The van der Waals surface area contributed by atoms with Crippen LogP contribution in [0.25, 0.3) is 0 Å². The van der Waals surface area contributed by atoms with Gasteiger partial charge < -0.3 is 25.0 Å². The van der Waals surface area contributed by atoms with Crippen LogP contribution >= 0.6 is 0 Å². The number of amides is 3. The van der Waals surface area contributed by atoms with E-state index in [1.54, 1.807) is 46.4 Å². The summed E-state index contributed by atoms with van der Waals surface area (Å²) in [6.07, 6.45) is 2.09. The minimum absolute atomic E-state index is 0.147. The number of carbonyl (C=O) groups excluding carboxylic acids is 3. The van der Waals surface area contributed by atoms with Crippen molar-refractivity contribution in [1.82, 2.24) is 15.5 Å². The van der Waals surface area contributed by atoms with Gasteiger partial charge in [-0.05, 0) is 67.2 Å². The van der Waals surface area contributed by atoms with Crippen LogP contribution in [0.1, 0.15) is 67.2 Å². The molecule has 1 aliphatic heterocycles. The number of nitrogens with zero attached hydrogens (tertiary/aromatic N) is 1. The zero-order valence-corrected chi connectivity index (χ0v) is 17.5. The van der Waals surface area contributed by atoms with Crippen molar-refractivity contribution in [3.8, 4) is 0 Å². The van der Waals surface area contributed by atoms with Crippen LogP contribution in [0, 0.1) is 0 Å². The van der Waals surface area contributed by atoms with Gasteiger partial charge in [-0.2, -0.15) is 0 Å². The second kappa shape index (κ2) is 9.80. The van der Waals surface area contributed by atoms with E-state index in [1.165, 1.54) is 0 Å². The van der Waals surface area contributed by atoms with Crippen LogP contribution in [0.2, 0.25) is 0 Å². The van der Waals surface area contributed by atoms with Crippen LogP contribution in [0.4, 0.5) is 9.59 Å². The van der Waals surface area contributed by atoms with Gasteiger partial charge in [-0.3, -0.25) is 4.79 Å². The van der Waals surface area contributed by atoms with E-state index in [2.05, 4.69) is 10.6 Å². The molecule has 27 heavy (non-hydrogen) atoms. The molecule has 0 aliphatic carbocycles. The summed E-state index contributed by atoms with van der Waals surface area (Å²) < 4.78 is 10.5. The van der Waals surface area contributed by atoms with Gasteiger partial charge in [0.15, 0.2) is 0 Å². The Balaban J connectivity index is 2.65. The number of rotatable bonds is 5. The molecule has 2 N–H and O–H groups in total. The molecule has 8 heteroatoms. The van der Waals surface area contributed by atoms with Crippen molar-refractivity contribution in [2.24, 2.45) is 0 Å². The maximum atomic E-state index is 12.8. The van der Waals surface area contributed by atoms with Crippen molar-refractivity contribution in [3.63, 3.8) is 0 Å². The van der Waals surface area contributed by atoms with Gasteiger partial charge >= 0.3 is 12.2 Å². The number of ether oxygens (including phenoxy) is 2. The highest BCUT2D eigenvalue weighted by atomic mass is 16.6. The standard InChI is InChI=1S/C19H35N3O5/c1-18(2,3)26-16(24)20-11-10-14(21-17(25)27-19(4,5)6)15(23)22-12-8-7-9-13-22/h14H,7-13H2,1-6H3,(H,20,24)(H,21,25)/t14-/m0/s1. The van der Waals surface area contributed by atoms with Crippen LogP contribution in [-0.4, -0.2) is 59.9 Å². The maximum absolute atomic E-state index is 12.8. The lowest BCUT2D eigenvalue weighted by molar-refractivity contribution is -0.134. The Hall–Kier alpha value is -1.99. The number of likely N-dealkylation sites (tertiary alicyclic amines) is 1. The molecule has 0 spiro atoms. The third-order valence-electron chi connectivity index (χ3n) is 3.76. The second-order valence-electron chi connectivity index (χ2n) is 8.80. The quantitative estimate of drug-likeness (QED) is 0.758. The van der Waals surface area contributed by atoms with E-state index in [1.807, 2.05) is 0 Å². The van der Waals surface area contributed by atoms with Gasteiger partial charge in [-0.1, -0.05) is 0 Å². The Bertz CT molecular complexity index is 516. The number of nitrogens with one attached hydrogen (secondary N) is 2. The highest BCUT2D eigenvalue weighted by molar-refractivity contribution is 5.86. The number of piperidine rings is 1. The molecule has 0 aromatic carbocycles. The zero-order valence-electron chi connectivity index (χ0n) is 17.5. The van der Waals surface area contributed by atoms with Crippen LogP contribution in [0.3, 0.4) is 0 Å². The van der Waals surface area contributed by atoms with E-state index in [0.29, 0.717) is 13.1 Å². The molecule has 0 unspecified atom stereocenters. The number of carbonyl (C=O) groups is 3. The Morgan fingerprint density at radius 1 is 0.889 bits per heavy atom. The molecule has 0 bridgehead atoms. The molecule has 8 nitrogen and oxygen atoms in total. The first-order valence-corrected chi connectivity index (χ1v) is 9.62. The van der Waals surface area contributed by atoms with Gasteiger partial charge in [0.2, 0.25) is 5.91 Å². The fourth-order valence-corrected chi connectivity index (χ4v) is 2.67. The van der Waals surface area contributed by atoms with Gasteiger partial charge in [-0.25, -0.2) is 9.59 Å². The normalized spacial score (nSPS) is 16.3. The number of alkyl carbamates (subject to hydrolysis) is 2. The summed E-state index contributed by atoms with van der Waals surface area (Å²) >= 11 is 0. The third kappa shape index (κ3) is 10.1. The molecule has 1 rings (SSSR count). The van der Waals surface area contributed by atoms with Gasteiger partial charge in [0.1, 0.15) is 17.2 Å². The fraction of sp³-hybridized carbons (Fsp3) is 0.842. The fourth-order valence-electron chi connectivity index (χ4n) is 2.67. The molecule has 1 heterocycles. The average molecular weight is 386 g/mol. The van der Waals surface area contributed by atoms with E-state index < -0.39 is 29.4 Å². The van der Waals surface area contributed by atoms with Gasteiger partial charge in [0.25, 0.3) is 0 Å². The highest BCUT2D eigenvalue weighted by Gasteiger charge is 2.29. The smallest absolute Gasteiger partial charge is 0.408 e. The van der Waals surface area contributed by atoms with Crippen molar-refractivity contribution in [3.05, 3.63) is 0 Å². The molecule has 1 saturated heterocycles. The molecule has 1 atom stereocenters. The number of hydrogen-bond acceptors (Lipinski definition) is 5. The average Bonchev–Trinajstić information content (AvgIpc) is 2.50. The van der Waals surface area contributed by atoms with Crippen LogP contribution < -0.4 is 10.6 Å². The maximum Gasteiger partial charge on any atom is 0.408 e. The molecular weight excluding hydrogens is 350 g/mol. The van der Waals surface area contributed by atoms with Gasteiger partial charge in [0.05, 0.1) is 0 Å². The predicted octanol–water partition coefficient (Wildman–Crippen LogP) is 2.81. The van der Waals surface area contributed by atoms with Crippen LogP contribution in [0.15, 0.2) is 0 Å². The lowest BCUT2D eigenvalue weighted by Crippen LogP contribution is -2.52. The van der Waals surface area contributed by atoms with Crippen molar-refractivity contribution >= 4 is 18.1 Å². The van der Waals surface area contributed by atoms with E-state index >= 15 is 0 Å². The molecule has 0 saturated carbocycles. The first-order chi connectivity index (χ1) is 12.4. The molecule has 1 fully saturated rings. The largest absolute Gasteiger partial charge is 0.444 e. The summed E-state index contributed by atoms with van der Waals surface area (Å²) in [6, 6.07) is -0.757. The minimum Gasteiger partial charge on any atom is -0.444 e. The Morgan fingerprint density at radius 2 is 1.41 bits per heavy atom. The van der Waals surface area contributed by atoms with Crippen molar-refractivity contribution in [1.29, 1.82) is 0 Å². The summed E-state index contributed by atoms with van der Waals surface area (Å²) in [7, 11) is 0. The molecule has 0 aromatic rings. The Kier molecular flexibility index (Phi) is 8.37. The summed E-state index contributed by atoms with van der Waals surface area (Å²) in [5.41, 5.74) is -1.25. The molecule has 1 aliphatic rings. The molecule has 156 valence electrons. The summed E-state index contributed by atoms with van der Waals surface area (Å²) in [6.45, 7) is 12.2. The summed E-state index contributed by atoms with van der Waals surface area (Å²) in [5, 5.41) is 5.27. The second-order valence-corrected chi connectivity index (χ2v) is 8.80. The first-order valence-electron chi connectivity index (χ1n) is 9.62. The van der Waals surface area contributed by atoms with Gasteiger partial charge in [-0.15, -0.1) is 0 Å². The van der Waals surface area contributed by atoms with Crippen molar-refractivity contribution in [2.45, 2.75) is 84.5 Å². The van der Waals surface area contributed by atoms with E-state index in [-0.39, 0.29) is 18.9 Å². The SMILES string of the molecule is CC(C)(C)OC(=O)NCC[C@H](NC(=O)OC(C)(C)C)C(=O)N1CCCCC1. The Labute approximate surface area is 162 Å². The predicted molar refractivity (Wildman–Crippen MR) is 102 cm³/mol. The van der Waals surface area contributed by atoms with E-state index in [4.69, 9.17) is 9.47 Å². The van der Waals surface area contributed by atoms with Crippen LogP contribution in [-0.2, 0) is 14.3 Å². The summed E-state index contributed by atoms with van der Waals surface area (Å²) in [5.74, 6) is -0.147. The lowest BCUT2D eigenvalue weighted by atomic mass is 10.1. The van der Waals surface area contributed by atoms with Crippen molar-refractivity contribution in [2.75, 3.05) is 19.6 Å². The molecular formula is C19H35N3O5. The van der Waals surface area contributed by atoms with Gasteiger partial charge in [0, 0.05) is 19.6 Å². The molecule has 3 amide bonds. The first kappa shape index (κ1) is 23.0. The third-order valence-corrected chi connectivity index (χ3v) is 3.76. The Morgan fingerprint density at radius 3 is 1.93 bits per heavy atom. The highest BCUT2D eigenvalue weighted by Crippen LogP contribution is 2.13. The number of hydrogen-bond donors (Lipinski definition) is 2. The van der Waals surface area contributed by atoms with Crippen molar-refractivity contribution < 1.29 is 23.9 Å². The molecule has 0 radical (unpaired) electrons. The summed E-state index contributed by atoms with van der Waals surface area (Å²) in [4.78, 5) is 38.5.